The molecule has 0 bridgehead atoms. The van der Waals surface area contributed by atoms with Crippen LogP contribution >= 0.6 is 11.6 Å². The summed E-state index contributed by atoms with van der Waals surface area (Å²) < 4.78 is 17.1. The zero-order chi connectivity index (χ0) is 22.5. The number of methoxy groups -OCH3 is 2. The third-order valence-corrected chi connectivity index (χ3v) is 4.90. The van der Waals surface area contributed by atoms with Gasteiger partial charge in [0.1, 0.15) is 17.1 Å². The van der Waals surface area contributed by atoms with Crippen LogP contribution in [0.2, 0.25) is 5.02 Å². The van der Waals surface area contributed by atoms with Crippen molar-refractivity contribution in [1.29, 1.82) is 0 Å². The molecule has 3 rings (SSSR count). The highest BCUT2D eigenvalue weighted by atomic mass is 35.5. The molecule has 31 heavy (non-hydrogen) atoms. The van der Waals surface area contributed by atoms with E-state index in [0.29, 0.717) is 44.7 Å². The van der Waals surface area contributed by atoms with Gasteiger partial charge in [0.25, 0.3) is 5.91 Å². The lowest BCUT2D eigenvalue weighted by Crippen LogP contribution is -2.13. The summed E-state index contributed by atoms with van der Waals surface area (Å²) in [5.74, 6) is 0.0716. The van der Waals surface area contributed by atoms with E-state index in [2.05, 4.69) is 10.4 Å². The van der Waals surface area contributed by atoms with Crippen LogP contribution in [-0.2, 0) is 4.74 Å². The van der Waals surface area contributed by atoms with Gasteiger partial charge in [-0.1, -0.05) is 11.6 Å². The number of rotatable bonds is 7. The summed E-state index contributed by atoms with van der Waals surface area (Å²) in [6, 6.07) is 9.97. The van der Waals surface area contributed by atoms with E-state index < -0.39 is 5.97 Å². The lowest BCUT2D eigenvalue weighted by molar-refractivity contribution is 0.0525. The first kappa shape index (κ1) is 22.2. The third kappa shape index (κ3) is 4.64. The number of hydrogen-bond acceptors (Lipinski definition) is 6. The molecule has 0 saturated heterocycles. The van der Waals surface area contributed by atoms with Crippen LogP contribution in [0.5, 0.6) is 11.5 Å². The maximum absolute atomic E-state index is 12.7. The molecule has 0 aliphatic heterocycles. The molecule has 0 fully saturated rings. The van der Waals surface area contributed by atoms with E-state index in [0.717, 1.165) is 0 Å². The Balaban J connectivity index is 1.81. The minimum absolute atomic E-state index is 0.289. The molecule has 8 nitrogen and oxygen atoms in total. The Morgan fingerprint density at radius 1 is 1.10 bits per heavy atom. The minimum Gasteiger partial charge on any atom is -0.495 e. The first-order valence-electron chi connectivity index (χ1n) is 9.44. The summed E-state index contributed by atoms with van der Waals surface area (Å²) in [4.78, 5) is 24.7. The molecule has 0 aliphatic rings. The van der Waals surface area contributed by atoms with Crippen LogP contribution in [0.4, 0.5) is 5.69 Å². The molecule has 0 atom stereocenters. The number of nitrogens with one attached hydrogen (secondary N) is 1. The van der Waals surface area contributed by atoms with Crippen molar-refractivity contribution in [2.45, 2.75) is 13.8 Å². The molecule has 0 aliphatic carbocycles. The predicted octanol–water partition coefficient (Wildman–Crippen LogP) is 4.28. The molecule has 1 aromatic heterocycles. The number of aromatic nitrogens is 2. The van der Waals surface area contributed by atoms with Crippen molar-refractivity contribution in [3.63, 3.8) is 0 Å². The largest absolute Gasteiger partial charge is 0.495 e. The Bertz CT molecular complexity index is 1110. The Hall–Kier alpha value is -3.52. The number of carbonyl (C=O) groups is 2. The van der Waals surface area contributed by atoms with Gasteiger partial charge < -0.3 is 19.5 Å². The van der Waals surface area contributed by atoms with Gasteiger partial charge in [-0.2, -0.15) is 5.10 Å². The maximum Gasteiger partial charge on any atom is 0.341 e. The van der Waals surface area contributed by atoms with Gasteiger partial charge in [0, 0.05) is 17.7 Å². The van der Waals surface area contributed by atoms with Crippen molar-refractivity contribution < 1.29 is 23.8 Å². The molecule has 162 valence electrons. The quantitative estimate of drug-likeness (QED) is 0.548. The Labute approximate surface area is 184 Å². The van der Waals surface area contributed by atoms with Crippen LogP contribution in [0.15, 0.2) is 42.6 Å². The second-order valence-electron chi connectivity index (χ2n) is 6.46. The topological polar surface area (TPSA) is 91.7 Å². The van der Waals surface area contributed by atoms with Crippen molar-refractivity contribution in [3.05, 3.63) is 64.4 Å². The first-order valence-corrected chi connectivity index (χ1v) is 9.82. The smallest absolute Gasteiger partial charge is 0.341 e. The lowest BCUT2D eigenvalue weighted by atomic mass is 10.1. The normalized spacial score (nSPS) is 10.5. The number of amides is 1. The van der Waals surface area contributed by atoms with Gasteiger partial charge in [0.15, 0.2) is 0 Å². The van der Waals surface area contributed by atoms with Gasteiger partial charge in [0.05, 0.1) is 49.1 Å². The number of nitrogens with zero attached hydrogens (tertiary/aromatic N) is 2. The van der Waals surface area contributed by atoms with Crippen LogP contribution in [-0.4, -0.2) is 42.5 Å². The van der Waals surface area contributed by atoms with Crippen LogP contribution in [0.25, 0.3) is 5.69 Å². The molecule has 0 spiro atoms. The molecule has 2 aromatic carbocycles. The number of carbonyl (C=O) groups excluding carboxylic acids is 2. The highest BCUT2D eigenvalue weighted by molar-refractivity contribution is 6.32. The maximum atomic E-state index is 12.7. The minimum atomic E-state index is -0.422. The fraction of sp³-hybridized carbons (Fsp3) is 0.227. The molecule has 3 aromatic rings. The molecular formula is C22H22ClN3O5. The van der Waals surface area contributed by atoms with Gasteiger partial charge in [-0.25, -0.2) is 9.48 Å². The Morgan fingerprint density at radius 2 is 1.77 bits per heavy atom. The Morgan fingerprint density at radius 3 is 2.39 bits per heavy atom. The predicted molar refractivity (Wildman–Crippen MR) is 117 cm³/mol. The molecule has 0 saturated carbocycles. The van der Waals surface area contributed by atoms with E-state index >= 15 is 0 Å². The molecule has 0 unspecified atom stereocenters. The van der Waals surface area contributed by atoms with Crippen molar-refractivity contribution in [1.82, 2.24) is 9.78 Å². The highest BCUT2D eigenvalue weighted by Crippen LogP contribution is 2.36. The number of halogens is 1. The number of ether oxygens (including phenoxy) is 3. The SMILES string of the molecule is CCOC(=O)c1cnn(-c2ccc(C(=O)Nc3cc(OC)c(Cl)cc3OC)cc2)c1C. The van der Waals surface area contributed by atoms with Gasteiger partial charge in [-0.15, -0.1) is 0 Å². The zero-order valence-electron chi connectivity index (χ0n) is 17.6. The molecule has 0 radical (unpaired) electrons. The van der Waals surface area contributed by atoms with E-state index in [1.165, 1.54) is 20.4 Å². The van der Waals surface area contributed by atoms with Crippen molar-refractivity contribution in [2.75, 3.05) is 26.1 Å². The number of hydrogen-bond donors (Lipinski definition) is 1. The van der Waals surface area contributed by atoms with Crippen molar-refractivity contribution in [3.8, 4) is 17.2 Å². The van der Waals surface area contributed by atoms with Gasteiger partial charge >= 0.3 is 5.97 Å². The van der Waals surface area contributed by atoms with E-state index in [1.807, 2.05) is 0 Å². The fourth-order valence-corrected chi connectivity index (χ4v) is 3.22. The van der Waals surface area contributed by atoms with Crippen LogP contribution < -0.4 is 14.8 Å². The van der Waals surface area contributed by atoms with Crippen molar-refractivity contribution >= 4 is 29.2 Å². The summed E-state index contributed by atoms with van der Waals surface area (Å²) in [6.45, 7) is 3.81. The molecule has 9 heteroatoms. The van der Waals surface area contributed by atoms with Crippen molar-refractivity contribution in [2.24, 2.45) is 0 Å². The monoisotopic (exact) mass is 443 g/mol. The second-order valence-corrected chi connectivity index (χ2v) is 6.87. The average Bonchev–Trinajstić information content (AvgIpc) is 3.16. The van der Waals surface area contributed by atoms with E-state index in [-0.39, 0.29) is 12.5 Å². The van der Waals surface area contributed by atoms with E-state index in [9.17, 15) is 9.59 Å². The summed E-state index contributed by atoms with van der Waals surface area (Å²) in [5.41, 5.74) is 2.60. The third-order valence-electron chi connectivity index (χ3n) is 4.60. The second kappa shape index (κ2) is 9.53. The van der Waals surface area contributed by atoms with Crippen LogP contribution in [0.1, 0.15) is 33.3 Å². The molecular weight excluding hydrogens is 422 g/mol. The number of esters is 1. The summed E-state index contributed by atoms with van der Waals surface area (Å²) in [7, 11) is 2.97. The fourth-order valence-electron chi connectivity index (χ4n) is 2.99. The molecule has 1 amide bonds. The first-order chi connectivity index (χ1) is 14.9. The number of benzene rings is 2. The van der Waals surface area contributed by atoms with Gasteiger partial charge in [-0.05, 0) is 38.1 Å². The van der Waals surface area contributed by atoms with E-state index in [1.54, 1.807) is 54.9 Å². The lowest BCUT2D eigenvalue weighted by Gasteiger charge is -2.13. The number of anilines is 1. The van der Waals surface area contributed by atoms with Gasteiger partial charge in [0.2, 0.25) is 0 Å². The van der Waals surface area contributed by atoms with E-state index in [4.69, 9.17) is 25.8 Å². The summed E-state index contributed by atoms with van der Waals surface area (Å²) >= 11 is 6.11. The molecule has 1 N–H and O–H groups in total. The highest BCUT2D eigenvalue weighted by Gasteiger charge is 2.17. The standard InChI is InChI=1S/C22H22ClN3O5/c1-5-31-22(28)16-12-24-26(13(16)2)15-8-6-14(7-9-15)21(27)25-18-11-19(29-3)17(23)10-20(18)30-4/h6-12H,5H2,1-4H3,(H,25,27). The average molecular weight is 444 g/mol. The summed E-state index contributed by atoms with van der Waals surface area (Å²) in [6.07, 6.45) is 1.47. The van der Waals surface area contributed by atoms with Crippen LogP contribution in [0.3, 0.4) is 0 Å². The van der Waals surface area contributed by atoms with Gasteiger partial charge in [-0.3, -0.25) is 4.79 Å². The Kier molecular flexibility index (Phi) is 6.81. The zero-order valence-corrected chi connectivity index (χ0v) is 18.3. The summed E-state index contributed by atoms with van der Waals surface area (Å²) in [5, 5.41) is 7.42. The van der Waals surface area contributed by atoms with Crippen LogP contribution in [0, 0.1) is 6.92 Å². The molecule has 1 heterocycles.